The smallest absolute Gasteiger partial charge is 0.0467 e. The second-order valence-electron chi connectivity index (χ2n) is 5.40. The van der Waals surface area contributed by atoms with Crippen molar-refractivity contribution < 1.29 is 0 Å². The van der Waals surface area contributed by atoms with Crippen LogP contribution in [0.3, 0.4) is 0 Å². The zero-order valence-electron chi connectivity index (χ0n) is 12.4. The Morgan fingerprint density at radius 3 is 2.42 bits per heavy atom. The Morgan fingerprint density at radius 1 is 1.05 bits per heavy atom. The molecule has 0 fully saturated rings. The second-order valence-corrected chi connectivity index (χ2v) is 5.40. The summed E-state index contributed by atoms with van der Waals surface area (Å²) in [6, 6.07) is 13.9. The molecule has 2 rings (SSSR count). The average Bonchev–Trinajstić information content (AvgIpc) is 2.39. The maximum atomic E-state index is 3.44. The molecule has 1 unspecified atom stereocenters. The Kier molecular flexibility index (Phi) is 4.56. The van der Waals surface area contributed by atoms with E-state index in [2.05, 4.69) is 74.6 Å². The fourth-order valence-electron chi connectivity index (χ4n) is 2.47. The lowest BCUT2D eigenvalue weighted by Gasteiger charge is -2.25. The summed E-state index contributed by atoms with van der Waals surface area (Å²) in [7, 11) is 4.28. The topological polar surface area (TPSA) is 15.3 Å². The third-order valence-corrected chi connectivity index (χ3v) is 3.62. The van der Waals surface area contributed by atoms with Crippen molar-refractivity contribution in [3.8, 4) is 0 Å². The number of aryl methyl sites for hydroxylation is 1. The molecule has 102 valence electrons. The van der Waals surface area contributed by atoms with Crippen molar-refractivity contribution in [3.05, 3.63) is 47.5 Å². The lowest BCUT2D eigenvalue weighted by Crippen LogP contribution is -2.30. The van der Waals surface area contributed by atoms with Crippen LogP contribution in [0.4, 0.5) is 0 Å². The van der Waals surface area contributed by atoms with Crippen molar-refractivity contribution in [2.24, 2.45) is 0 Å². The molecule has 2 aromatic rings. The van der Waals surface area contributed by atoms with Gasteiger partial charge in [0.05, 0.1) is 0 Å². The van der Waals surface area contributed by atoms with E-state index in [0.717, 1.165) is 13.1 Å². The van der Waals surface area contributed by atoms with E-state index in [0.29, 0.717) is 6.04 Å². The number of rotatable bonds is 5. The van der Waals surface area contributed by atoms with Crippen molar-refractivity contribution >= 4 is 10.8 Å². The monoisotopic (exact) mass is 256 g/mol. The molecule has 0 aromatic heterocycles. The first kappa shape index (κ1) is 14.0. The van der Waals surface area contributed by atoms with Gasteiger partial charge in [-0.25, -0.2) is 0 Å². The lowest BCUT2D eigenvalue weighted by molar-refractivity contribution is 0.290. The minimum Gasteiger partial charge on any atom is -0.315 e. The normalized spacial score (nSPS) is 13.1. The summed E-state index contributed by atoms with van der Waals surface area (Å²) in [4.78, 5) is 2.28. The Bertz CT molecular complexity index is 546. The molecule has 0 saturated carbocycles. The molecule has 0 radical (unpaired) electrons. The van der Waals surface area contributed by atoms with E-state index in [1.165, 1.54) is 21.9 Å². The highest BCUT2D eigenvalue weighted by Crippen LogP contribution is 2.23. The van der Waals surface area contributed by atoms with Gasteiger partial charge in [-0.05, 0) is 50.0 Å². The van der Waals surface area contributed by atoms with Crippen molar-refractivity contribution in [3.63, 3.8) is 0 Å². The number of hydrogen-bond donors (Lipinski definition) is 1. The molecule has 1 atom stereocenters. The summed E-state index contributed by atoms with van der Waals surface area (Å²) in [6.45, 7) is 6.29. The molecule has 19 heavy (non-hydrogen) atoms. The minimum atomic E-state index is 0.422. The maximum Gasteiger partial charge on any atom is 0.0467 e. The van der Waals surface area contributed by atoms with Crippen LogP contribution >= 0.6 is 0 Å². The highest BCUT2D eigenvalue weighted by Gasteiger charge is 2.13. The standard InChI is InChI=1S/C17H24N2/c1-5-18-12-17(19(3)4)16-9-8-14-10-13(2)6-7-15(14)11-16/h6-11,17-18H,5,12H2,1-4H3. The molecule has 0 bridgehead atoms. The molecule has 0 amide bonds. The number of likely N-dealkylation sites (N-methyl/N-ethyl adjacent to an activating group) is 2. The highest BCUT2D eigenvalue weighted by molar-refractivity contribution is 5.83. The first-order valence-electron chi connectivity index (χ1n) is 6.99. The van der Waals surface area contributed by atoms with E-state index in [9.17, 15) is 0 Å². The van der Waals surface area contributed by atoms with Gasteiger partial charge >= 0.3 is 0 Å². The quantitative estimate of drug-likeness (QED) is 0.882. The summed E-state index contributed by atoms with van der Waals surface area (Å²) < 4.78 is 0. The molecule has 0 aliphatic heterocycles. The zero-order valence-corrected chi connectivity index (χ0v) is 12.4. The largest absolute Gasteiger partial charge is 0.315 e. The lowest BCUT2D eigenvalue weighted by atomic mass is 10.00. The second kappa shape index (κ2) is 6.18. The van der Waals surface area contributed by atoms with Gasteiger partial charge in [-0.15, -0.1) is 0 Å². The summed E-state index contributed by atoms with van der Waals surface area (Å²) in [5.41, 5.74) is 2.69. The van der Waals surface area contributed by atoms with Gasteiger partial charge in [0.25, 0.3) is 0 Å². The van der Waals surface area contributed by atoms with Gasteiger partial charge < -0.3 is 10.2 Å². The molecule has 0 aliphatic carbocycles. The third kappa shape index (κ3) is 3.34. The summed E-state index contributed by atoms with van der Waals surface area (Å²) in [5.74, 6) is 0. The van der Waals surface area contributed by atoms with E-state index < -0.39 is 0 Å². The van der Waals surface area contributed by atoms with Crippen LogP contribution in [0.25, 0.3) is 10.8 Å². The molecule has 0 saturated heterocycles. The molecule has 2 aromatic carbocycles. The van der Waals surface area contributed by atoms with Crippen molar-refractivity contribution in [1.82, 2.24) is 10.2 Å². The minimum absolute atomic E-state index is 0.422. The molecule has 0 heterocycles. The Hall–Kier alpha value is -1.38. The molecule has 2 heteroatoms. The van der Waals surface area contributed by atoms with Crippen LogP contribution in [0.15, 0.2) is 36.4 Å². The van der Waals surface area contributed by atoms with Crippen LogP contribution in [0.5, 0.6) is 0 Å². The first-order chi connectivity index (χ1) is 9.11. The molecule has 0 spiro atoms. The van der Waals surface area contributed by atoms with Crippen LogP contribution in [-0.2, 0) is 0 Å². The van der Waals surface area contributed by atoms with E-state index in [1.54, 1.807) is 0 Å². The van der Waals surface area contributed by atoms with Gasteiger partial charge in [-0.3, -0.25) is 0 Å². The van der Waals surface area contributed by atoms with E-state index in [4.69, 9.17) is 0 Å². The van der Waals surface area contributed by atoms with E-state index in [-0.39, 0.29) is 0 Å². The number of benzene rings is 2. The van der Waals surface area contributed by atoms with Crippen LogP contribution in [0.2, 0.25) is 0 Å². The van der Waals surface area contributed by atoms with Gasteiger partial charge in [-0.1, -0.05) is 42.8 Å². The summed E-state index contributed by atoms with van der Waals surface area (Å²) >= 11 is 0. The predicted octanol–water partition coefficient (Wildman–Crippen LogP) is 3.36. The molecular weight excluding hydrogens is 232 g/mol. The van der Waals surface area contributed by atoms with Crippen LogP contribution in [-0.4, -0.2) is 32.1 Å². The summed E-state index contributed by atoms with van der Waals surface area (Å²) in [6.07, 6.45) is 0. The van der Waals surface area contributed by atoms with Gasteiger partial charge in [0.1, 0.15) is 0 Å². The van der Waals surface area contributed by atoms with E-state index in [1.807, 2.05) is 0 Å². The van der Waals surface area contributed by atoms with Crippen molar-refractivity contribution in [2.75, 3.05) is 27.2 Å². The fraction of sp³-hybridized carbons (Fsp3) is 0.412. The van der Waals surface area contributed by atoms with Gasteiger partial charge in [-0.2, -0.15) is 0 Å². The molecule has 2 nitrogen and oxygen atoms in total. The van der Waals surface area contributed by atoms with Crippen LogP contribution in [0.1, 0.15) is 24.1 Å². The van der Waals surface area contributed by atoms with Gasteiger partial charge in [0.2, 0.25) is 0 Å². The Labute approximate surface area is 116 Å². The van der Waals surface area contributed by atoms with Crippen LogP contribution in [0, 0.1) is 6.92 Å². The molecule has 1 N–H and O–H groups in total. The van der Waals surface area contributed by atoms with E-state index >= 15 is 0 Å². The zero-order chi connectivity index (χ0) is 13.8. The third-order valence-electron chi connectivity index (χ3n) is 3.62. The number of hydrogen-bond acceptors (Lipinski definition) is 2. The Morgan fingerprint density at radius 2 is 1.74 bits per heavy atom. The predicted molar refractivity (Wildman–Crippen MR) is 83.7 cm³/mol. The number of nitrogens with one attached hydrogen (secondary N) is 1. The van der Waals surface area contributed by atoms with Crippen molar-refractivity contribution in [2.45, 2.75) is 19.9 Å². The van der Waals surface area contributed by atoms with Gasteiger partial charge in [0, 0.05) is 12.6 Å². The SMILES string of the molecule is CCNCC(c1ccc2cc(C)ccc2c1)N(C)C. The van der Waals surface area contributed by atoms with Crippen LogP contribution < -0.4 is 5.32 Å². The van der Waals surface area contributed by atoms with Gasteiger partial charge in [0.15, 0.2) is 0 Å². The van der Waals surface area contributed by atoms with Crippen molar-refractivity contribution in [1.29, 1.82) is 0 Å². The molecular formula is C17H24N2. The fourth-order valence-corrected chi connectivity index (χ4v) is 2.47. The maximum absolute atomic E-state index is 3.44. The first-order valence-corrected chi connectivity index (χ1v) is 6.99. The Balaban J connectivity index is 2.34. The summed E-state index contributed by atoms with van der Waals surface area (Å²) in [5, 5.41) is 6.09. The highest BCUT2D eigenvalue weighted by atomic mass is 15.1. The number of nitrogens with zero attached hydrogens (tertiary/aromatic N) is 1. The number of fused-ring (bicyclic) bond motifs is 1. The molecule has 0 aliphatic rings. The average molecular weight is 256 g/mol.